The van der Waals surface area contributed by atoms with Gasteiger partial charge in [-0.25, -0.2) is 0 Å². The van der Waals surface area contributed by atoms with Crippen LogP contribution in [0.2, 0.25) is 0 Å². The summed E-state index contributed by atoms with van der Waals surface area (Å²) in [6, 6.07) is 0.421. The minimum absolute atomic E-state index is 0.421. The summed E-state index contributed by atoms with van der Waals surface area (Å²) in [7, 11) is 0. The number of nitrogens with zero attached hydrogens (tertiary/aromatic N) is 1. The average Bonchev–Trinajstić information content (AvgIpc) is 2.60. The Bertz CT molecular complexity index is 349. The van der Waals surface area contributed by atoms with Crippen molar-refractivity contribution in [2.75, 3.05) is 0 Å². The molecule has 2 rings (SSSR count). The second kappa shape index (κ2) is 4.28. The van der Waals surface area contributed by atoms with Gasteiger partial charge < -0.3 is 0 Å². The maximum Gasteiger partial charge on any atom is 0.0748 e. The van der Waals surface area contributed by atoms with Gasteiger partial charge >= 0.3 is 0 Å². The minimum atomic E-state index is 0.421. The monoisotopic (exact) mass is 185 g/mol. The molecule has 0 spiro atoms. The molecule has 0 bridgehead atoms. The minimum Gasteiger partial charge on any atom is -0.286 e. The van der Waals surface area contributed by atoms with Crippen LogP contribution < -0.4 is 0 Å². The molecule has 0 aromatic carbocycles. The molecule has 1 aliphatic carbocycles. The molecule has 1 heteroatoms. The first-order valence-electron chi connectivity index (χ1n) is 5.20. The SMILES string of the molecule is CC#CCCC1=NC2C=CC=CC2C1. The van der Waals surface area contributed by atoms with Crippen LogP contribution in [0, 0.1) is 17.8 Å². The molecule has 0 fully saturated rings. The molecule has 1 aliphatic heterocycles. The molecule has 1 nitrogen and oxygen atoms in total. The van der Waals surface area contributed by atoms with Crippen LogP contribution in [0.3, 0.4) is 0 Å². The van der Waals surface area contributed by atoms with Crippen LogP contribution in [0.25, 0.3) is 0 Å². The number of rotatable bonds is 2. The van der Waals surface area contributed by atoms with Crippen molar-refractivity contribution in [3.05, 3.63) is 24.3 Å². The Morgan fingerprint density at radius 1 is 1.43 bits per heavy atom. The summed E-state index contributed by atoms with van der Waals surface area (Å²) >= 11 is 0. The van der Waals surface area contributed by atoms with E-state index in [1.807, 2.05) is 6.92 Å². The Hall–Kier alpha value is -1.29. The fraction of sp³-hybridized carbons (Fsp3) is 0.462. The highest BCUT2D eigenvalue weighted by atomic mass is 14.8. The Balaban J connectivity index is 1.93. The van der Waals surface area contributed by atoms with E-state index in [-0.39, 0.29) is 0 Å². The normalized spacial score (nSPS) is 27.9. The van der Waals surface area contributed by atoms with Gasteiger partial charge in [-0.3, -0.25) is 4.99 Å². The van der Waals surface area contributed by atoms with Crippen LogP contribution in [-0.4, -0.2) is 11.8 Å². The fourth-order valence-electron chi connectivity index (χ4n) is 2.00. The molecule has 0 aromatic rings. The Labute approximate surface area is 85.6 Å². The van der Waals surface area contributed by atoms with Crippen molar-refractivity contribution in [3.8, 4) is 11.8 Å². The lowest BCUT2D eigenvalue weighted by Crippen LogP contribution is -2.10. The fourth-order valence-corrected chi connectivity index (χ4v) is 2.00. The van der Waals surface area contributed by atoms with E-state index in [1.54, 1.807) is 0 Å². The number of allylic oxidation sites excluding steroid dienone is 2. The van der Waals surface area contributed by atoms with E-state index in [0.29, 0.717) is 12.0 Å². The second-order valence-electron chi connectivity index (χ2n) is 3.75. The lowest BCUT2D eigenvalue weighted by Gasteiger charge is -2.11. The summed E-state index contributed by atoms with van der Waals surface area (Å²) in [5.74, 6) is 6.64. The van der Waals surface area contributed by atoms with E-state index in [9.17, 15) is 0 Å². The van der Waals surface area contributed by atoms with E-state index >= 15 is 0 Å². The molecular formula is C13H15N. The summed E-state index contributed by atoms with van der Waals surface area (Å²) in [5, 5.41) is 0. The molecule has 14 heavy (non-hydrogen) atoms. The van der Waals surface area contributed by atoms with Crippen LogP contribution >= 0.6 is 0 Å². The van der Waals surface area contributed by atoms with Gasteiger partial charge in [0.1, 0.15) is 0 Å². The summed E-state index contributed by atoms with van der Waals surface area (Å²) < 4.78 is 0. The summed E-state index contributed by atoms with van der Waals surface area (Å²) in [6.45, 7) is 1.89. The van der Waals surface area contributed by atoms with E-state index in [4.69, 9.17) is 4.99 Å². The van der Waals surface area contributed by atoms with Crippen LogP contribution in [0.5, 0.6) is 0 Å². The van der Waals surface area contributed by atoms with Crippen LogP contribution in [0.15, 0.2) is 29.3 Å². The predicted molar refractivity (Wildman–Crippen MR) is 60.3 cm³/mol. The lowest BCUT2D eigenvalue weighted by atomic mass is 9.94. The van der Waals surface area contributed by atoms with Gasteiger partial charge in [-0.05, 0) is 19.8 Å². The van der Waals surface area contributed by atoms with E-state index in [2.05, 4.69) is 36.1 Å². The molecule has 1 heterocycles. The molecule has 0 amide bonds. The molecule has 2 atom stereocenters. The van der Waals surface area contributed by atoms with Gasteiger partial charge in [-0.1, -0.05) is 24.3 Å². The summed E-state index contributed by atoms with van der Waals surface area (Å²) in [4.78, 5) is 4.69. The molecule has 0 N–H and O–H groups in total. The third-order valence-corrected chi connectivity index (χ3v) is 2.73. The first kappa shape index (κ1) is 9.27. The topological polar surface area (TPSA) is 12.4 Å². The number of aliphatic imine (C=N–C) groups is 1. The van der Waals surface area contributed by atoms with Gasteiger partial charge in [-0.2, -0.15) is 0 Å². The van der Waals surface area contributed by atoms with Crippen molar-refractivity contribution in [3.63, 3.8) is 0 Å². The third-order valence-electron chi connectivity index (χ3n) is 2.73. The van der Waals surface area contributed by atoms with Gasteiger partial charge in [0.25, 0.3) is 0 Å². The van der Waals surface area contributed by atoms with Crippen molar-refractivity contribution in [1.82, 2.24) is 0 Å². The second-order valence-corrected chi connectivity index (χ2v) is 3.75. The molecule has 72 valence electrons. The zero-order valence-corrected chi connectivity index (χ0v) is 8.53. The van der Waals surface area contributed by atoms with Gasteiger partial charge in [-0.15, -0.1) is 11.8 Å². The Morgan fingerprint density at radius 3 is 3.07 bits per heavy atom. The van der Waals surface area contributed by atoms with Crippen molar-refractivity contribution >= 4 is 5.71 Å². The highest BCUT2D eigenvalue weighted by Crippen LogP contribution is 2.27. The largest absolute Gasteiger partial charge is 0.286 e. The quantitative estimate of drug-likeness (QED) is 0.587. The van der Waals surface area contributed by atoms with Crippen molar-refractivity contribution in [1.29, 1.82) is 0 Å². The molecular weight excluding hydrogens is 170 g/mol. The van der Waals surface area contributed by atoms with Gasteiger partial charge in [0.2, 0.25) is 0 Å². The number of hydrogen-bond acceptors (Lipinski definition) is 1. The molecule has 2 aliphatic rings. The highest BCUT2D eigenvalue weighted by molar-refractivity contribution is 5.87. The van der Waals surface area contributed by atoms with Gasteiger partial charge in [0.05, 0.1) is 6.04 Å². The first-order valence-corrected chi connectivity index (χ1v) is 5.20. The molecule has 0 saturated heterocycles. The van der Waals surface area contributed by atoms with Crippen LogP contribution in [0.1, 0.15) is 26.2 Å². The Morgan fingerprint density at radius 2 is 2.29 bits per heavy atom. The maximum atomic E-state index is 4.69. The number of hydrogen-bond donors (Lipinski definition) is 0. The molecule has 2 unspecified atom stereocenters. The zero-order valence-electron chi connectivity index (χ0n) is 8.53. The van der Waals surface area contributed by atoms with Gasteiger partial charge in [0.15, 0.2) is 0 Å². The van der Waals surface area contributed by atoms with Gasteiger partial charge in [0, 0.05) is 18.1 Å². The number of fused-ring (bicyclic) bond motifs is 1. The zero-order chi connectivity index (χ0) is 9.80. The van der Waals surface area contributed by atoms with Crippen molar-refractivity contribution in [2.45, 2.75) is 32.2 Å². The van der Waals surface area contributed by atoms with E-state index < -0.39 is 0 Å². The highest BCUT2D eigenvalue weighted by Gasteiger charge is 2.25. The average molecular weight is 185 g/mol. The lowest BCUT2D eigenvalue weighted by molar-refractivity contribution is 0.636. The van der Waals surface area contributed by atoms with Crippen LogP contribution in [-0.2, 0) is 0 Å². The predicted octanol–water partition coefficient (Wildman–Crippen LogP) is 2.75. The van der Waals surface area contributed by atoms with Crippen LogP contribution in [0.4, 0.5) is 0 Å². The maximum absolute atomic E-state index is 4.69. The standard InChI is InChI=1S/C13H15N/c1-2-3-4-8-12-10-11-7-5-6-9-13(11)14-12/h5-7,9,11,13H,4,8,10H2,1H3. The first-order chi connectivity index (χ1) is 6.90. The van der Waals surface area contributed by atoms with E-state index in [1.165, 1.54) is 5.71 Å². The van der Waals surface area contributed by atoms with E-state index in [0.717, 1.165) is 19.3 Å². The molecule has 0 saturated carbocycles. The van der Waals surface area contributed by atoms with Crippen molar-refractivity contribution < 1.29 is 0 Å². The Kier molecular flexibility index (Phi) is 2.84. The molecule has 0 aromatic heterocycles. The third kappa shape index (κ3) is 1.96. The van der Waals surface area contributed by atoms with Crippen molar-refractivity contribution in [2.24, 2.45) is 10.9 Å². The summed E-state index contributed by atoms with van der Waals surface area (Å²) in [5.41, 5.74) is 1.35. The summed E-state index contributed by atoms with van der Waals surface area (Å²) in [6.07, 6.45) is 11.8. The smallest absolute Gasteiger partial charge is 0.0748 e. The molecule has 0 radical (unpaired) electrons.